The average molecular weight is 526 g/mol. The van der Waals surface area contributed by atoms with Gasteiger partial charge in [-0.3, -0.25) is 19.6 Å². The number of carbonyl (C=O) groups excluding carboxylic acids is 3. The highest BCUT2D eigenvalue weighted by molar-refractivity contribution is 7.88. The maximum absolute atomic E-state index is 13.0. The van der Waals surface area contributed by atoms with Gasteiger partial charge in [-0.05, 0) is 24.8 Å². The normalized spacial score (nSPS) is 12.6. The number of amides is 2. The molecule has 0 spiro atoms. The van der Waals surface area contributed by atoms with Gasteiger partial charge >= 0.3 is 0 Å². The van der Waals surface area contributed by atoms with Gasteiger partial charge in [-0.15, -0.1) is 0 Å². The number of hydrogen-bond donors (Lipinski definition) is 6. The second kappa shape index (κ2) is 15.3. The number of aldehydes is 1. The lowest BCUT2D eigenvalue weighted by Crippen LogP contribution is -2.51. The Balaban J connectivity index is 2.81. The number of benzene rings is 1. The van der Waals surface area contributed by atoms with Crippen molar-refractivity contribution in [1.29, 1.82) is 0 Å². The molecule has 0 heterocycles. The molecule has 0 radical (unpaired) electrons. The zero-order valence-corrected chi connectivity index (χ0v) is 21.0. The van der Waals surface area contributed by atoms with Crippen molar-refractivity contribution < 1.29 is 22.8 Å². The SMILES string of the molecule is CN(CC(=O)NC(C=O)CCCN=C(N)N)C(=O)[C@@H](CCN=C(N)N)NS(=O)(=O)Cc1ccccc1. The largest absolute Gasteiger partial charge is 0.370 e. The van der Waals surface area contributed by atoms with E-state index in [4.69, 9.17) is 22.9 Å². The molecule has 0 aliphatic heterocycles. The predicted octanol–water partition coefficient (Wildman–Crippen LogP) is -2.67. The number of carbonyl (C=O) groups is 3. The van der Waals surface area contributed by atoms with Crippen molar-refractivity contribution >= 4 is 40.0 Å². The van der Waals surface area contributed by atoms with Crippen LogP contribution in [0.2, 0.25) is 0 Å². The van der Waals surface area contributed by atoms with Gasteiger partial charge in [0.15, 0.2) is 11.9 Å². The highest BCUT2D eigenvalue weighted by Crippen LogP contribution is 2.08. The Hall–Kier alpha value is -3.72. The molecule has 1 aromatic carbocycles. The van der Waals surface area contributed by atoms with Crippen LogP contribution in [0.25, 0.3) is 0 Å². The first-order valence-electron chi connectivity index (χ1n) is 11.1. The average Bonchev–Trinajstić information content (AvgIpc) is 2.79. The first-order chi connectivity index (χ1) is 16.9. The molecule has 0 fully saturated rings. The van der Waals surface area contributed by atoms with Crippen LogP contribution in [0.15, 0.2) is 40.3 Å². The number of likely N-dealkylation sites (N-methyl/N-ethyl adjacent to an activating group) is 1. The molecule has 1 aromatic rings. The number of aliphatic imine (C=N–C) groups is 2. The first kappa shape index (κ1) is 30.3. The zero-order valence-electron chi connectivity index (χ0n) is 20.2. The van der Waals surface area contributed by atoms with Crippen molar-refractivity contribution in [3.05, 3.63) is 35.9 Å². The third-order valence-corrected chi connectivity index (χ3v) is 6.12. The van der Waals surface area contributed by atoms with Gasteiger partial charge in [0, 0.05) is 20.1 Å². The third kappa shape index (κ3) is 12.7. The summed E-state index contributed by atoms with van der Waals surface area (Å²) < 4.78 is 27.8. The molecule has 2 amide bonds. The van der Waals surface area contributed by atoms with E-state index in [1.54, 1.807) is 30.3 Å². The molecule has 36 heavy (non-hydrogen) atoms. The summed E-state index contributed by atoms with van der Waals surface area (Å²) in [6.45, 7) is -0.131. The Morgan fingerprint density at radius 3 is 2.22 bits per heavy atom. The smallest absolute Gasteiger partial charge is 0.241 e. The molecule has 200 valence electrons. The molecule has 2 atom stereocenters. The van der Waals surface area contributed by atoms with Crippen LogP contribution in [0, 0.1) is 0 Å². The van der Waals surface area contributed by atoms with Gasteiger partial charge in [0.1, 0.15) is 12.3 Å². The predicted molar refractivity (Wildman–Crippen MR) is 137 cm³/mol. The van der Waals surface area contributed by atoms with Gasteiger partial charge in [-0.1, -0.05) is 30.3 Å². The number of guanidine groups is 2. The first-order valence-corrected chi connectivity index (χ1v) is 12.7. The van der Waals surface area contributed by atoms with E-state index in [0.717, 1.165) is 4.90 Å². The zero-order chi connectivity index (χ0) is 27.1. The minimum absolute atomic E-state index is 0.0182. The van der Waals surface area contributed by atoms with Crippen molar-refractivity contribution in [3.8, 4) is 0 Å². The Morgan fingerprint density at radius 1 is 1.03 bits per heavy atom. The molecule has 0 aromatic heterocycles. The van der Waals surface area contributed by atoms with Crippen LogP contribution in [-0.2, 0) is 30.2 Å². The van der Waals surface area contributed by atoms with Crippen LogP contribution < -0.4 is 33.0 Å². The van der Waals surface area contributed by atoms with Crippen LogP contribution in [0.3, 0.4) is 0 Å². The van der Waals surface area contributed by atoms with Crippen LogP contribution in [0.5, 0.6) is 0 Å². The standard InChI is InChI=1S/C21H35N9O5S/c1-30(12-18(32)28-16(13-31)8-5-10-26-20(22)23)19(33)17(9-11-27-21(24)25)29-36(34,35)14-15-6-3-2-4-7-15/h2-4,6-7,13,16-17,29H,5,8-12,14H2,1H3,(H,28,32)(H4,22,23,26)(H4,24,25,27)/t16?,17-/m1/s1. The summed E-state index contributed by atoms with van der Waals surface area (Å²) >= 11 is 0. The highest BCUT2D eigenvalue weighted by Gasteiger charge is 2.28. The van der Waals surface area contributed by atoms with Gasteiger partial charge in [-0.25, -0.2) is 13.1 Å². The van der Waals surface area contributed by atoms with Gasteiger partial charge in [0.2, 0.25) is 21.8 Å². The molecular formula is C21H35N9O5S. The van der Waals surface area contributed by atoms with Crippen molar-refractivity contribution in [3.63, 3.8) is 0 Å². The minimum atomic E-state index is -3.92. The second-order valence-corrected chi connectivity index (χ2v) is 9.72. The van der Waals surface area contributed by atoms with E-state index in [2.05, 4.69) is 20.0 Å². The quantitative estimate of drug-likeness (QED) is 0.0569. The van der Waals surface area contributed by atoms with Crippen molar-refractivity contribution in [2.75, 3.05) is 26.7 Å². The van der Waals surface area contributed by atoms with Gasteiger partial charge in [0.05, 0.1) is 18.3 Å². The molecule has 0 saturated carbocycles. The number of nitrogens with two attached hydrogens (primary N) is 4. The minimum Gasteiger partial charge on any atom is -0.370 e. The van der Waals surface area contributed by atoms with Crippen molar-refractivity contribution in [2.45, 2.75) is 37.1 Å². The summed E-state index contributed by atoms with van der Waals surface area (Å²) in [6.07, 6.45) is 1.28. The highest BCUT2D eigenvalue weighted by atomic mass is 32.2. The molecule has 10 N–H and O–H groups in total. The molecule has 1 rings (SSSR count). The monoisotopic (exact) mass is 525 g/mol. The number of hydrogen-bond acceptors (Lipinski definition) is 7. The summed E-state index contributed by atoms with van der Waals surface area (Å²) in [6, 6.07) is 6.43. The fourth-order valence-corrected chi connectivity index (χ4v) is 4.48. The van der Waals surface area contributed by atoms with Crippen LogP contribution in [-0.4, -0.2) is 82.1 Å². The van der Waals surface area contributed by atoms with Crippen LogP contribution >= 0.6 is 0 Å². The Morgan fingerprint density at radius 2 is 1.64 bits per heavy atom. The number of rotatable bonds is 16. The fraction of sp³-hybridized carbons (Fsp3) is 0.476. The second-order valence-electron chi connectivity index (χ2n) is 7.96. The third-order valence-electron chi connectivity index (χ3n) is 4.77. The summed E-state index contributed by atoms with van der Waals surface area (Å²) in [5.41, 5.74) is 21.7. The number of sulfonamides is 1. The summed E-state index contributed by atoms with van der Waals surface area (Å²) in [5, 5.41) is 2.51. The maximum atomic E-state index is 13.0. The van der Waals surface area contributed by atoms with Crippen molar-refractivity contribution in [2.24, 2.45) is 32.9 Å². The topological polar surface area (TPSA) is 241 Å². The molecule has 14 nitrogen and oxygen atoms in total. The summed E-state index contributed by atoms with van der Waals surface area (Å²) in [4.78, 5) is 45.4. The molecule has 0 saturated heterocycles. The lowest BCUT2D eigenvalue weighted by atomic mass is 10.1. The van der Waals surface area contributed by atoms with Crippen LogP contribution in [0.4, 0.5) is 0 Å². The lowest BCUT2D eigenvalue weighted by Gasteiger charge is -2.24. The number of nitrogens with zero attached hydrogens (tertiary/aromatic N) is 3. The maximum Gasteiger partial charge on any atom is 0.241 e. The van der Waals surface area contributed by atoms with E-state index in [1.807, 2.05) is 0 Å². The van der Waals surface area contributed by atoms with E-state index in [1.165, 1.54) is 7.05 Å². The van der Waals surface area contributed by atoms with E-state index < -0.39 is 40.5 Å². The Kier molecular flexibility index (Phi) is 12.9. The van der Waals surface area contributed by atoms with Gasteiger partial charge in [0.25, 0.3) is 0 Å². The number of nitrogens with one attached hydrogen (secondary N) is 2. The molecule has 1 unspecified atom stereocenters. The van der Waals surface area contributed by atoms with Gasteiger partial charge in [-0.2, -0.15) is 0 Å². The van der Waals surface area contributed by atoms with Gasteiger partial charge < -0.3 is 37.9 Å². The van der Waals surface area contributed by atoms with E-state index in [9.17, 15) is 22.8 Å². The molecule has 0 bridgehead atoms. The molecule has 0 aliphatic carbocycles. The Bertz CT molecular complexity index is 1020. The van der Waals surface area contributed by atoms with E-state index in [-0.39, 0.29) is 30.6 Å². The summed E-state index contributed by atoms with van der Waals surface area (Å²) in [5.74, 6) is -1.88. The Labute approximate surface area is 210 Å². The van der Waals surface area contributed by atoms with Crippen LogP contribution in [0.1, 0.15) is 24.8 Å². The summed E-state index contributed by atoms with van der Waals surface area (Å²) in [7, 11) is -2.57. The fourth-order valence-electron chi connectivity index (χ4n) is 3.11. The van der Waals surface area contributed by atoms with Crippen molar-refractivity contribution in [1.82, 2.24) is 14.9 Å². The van der Waals surface area contributed by atoms with E-state index in [0.29, 0.717) is 31.2 Å². The molecular weight excluding hydrogens is 490 g/mol. The molecule has 0 aliphatic rings. The lowest BCUT2D eigenvalue weighted by molar-refractivity contribution is -0.136. The molecule has 15 heteroatoms. The van der Waals surface area contributed by atoms with E-state index >= 15 is 0 Å².